The number of halogens is 6. The summed E-state index contributed by atoms with van der Waals surface area (Å²) in [5, 5.41) is -0.370. The van der Waals surface area contributed by atoms with Crippen LogP contribution in [0.4, 0.5) is 17.6 Å². The number of carbonyl (C=O) groups excluding carboxylic acids is 1. The lowest BCUT2D eigenvalue weighted by Crippen LogP contribution is -2.31. The second-order valence-corrected chi connectivity index (χ2v) is 7.94. The number of pyridine rings is 1. The summed E-state index contributed by atoms with van der Waals surface area (Å²) in [6.45, 7) is 5.68. The van der Waals surface area contributed by atoms with Crippen LogP contribution in [0, 0.1) is 5.82 Å². The number of rotatable bonds is 5. The molecular weight excluding hydrogens is 453 g/mol. The van der Waals surface area contributed by atoms with Crippen molar-refractivity contribution in [2.24, 2.45) is 0 Å². The van der Waals surface area contributed by atoms with E-state index in [4.69, 9.17) is 32.7 Å². The Labute approximate surface area is 179 Å². The van der Waals surface area contributed by atoms with Gasteiger partial charge in [-0.05, 0) is 33.8 Å². The zero-order chi connectivity index (χ0) is 22.9. The molecule has 1 aromatic heterocycles. The lowest BCUT2D eigenvalue weighted by Gasteiger charge is -2.20. The molecule has 0 fully saturated rings. The SMILES string of the molecule is CC(Oc1ncc(Oc2cc(F)c(C(=O)OC(C)(C)C)cc2Cl)cc1Cl)C(F)(F)F. The molecule has 1 heterocycles. The second kappa shape index (κ2) is 8.85. The van der Waals surface area contributed by atoms with Crippen LogP contribution in [-0.4, -0.2) is 28.8 Å². The van der Waals surface area contributed by atoms with Crippen molar-refractivity contribution in [1.82, 2.24) is 4.98 Å². The molecular formula is C19H17Cl2F4NO4. The minimum Gasteiger partial charge on any atom is -0.464 e. The molecule has 0 radical (unpaired) electrons. The largest absolute Gasteiger partial charge is 0.464 e. The fraction of sp³-hybridized carbons (Fsp3) is 0.368. The number of alkyl halides is 3. The highest BCUT2D eigenvalue weighted by atomic mass is 35.5. The van der Waals surface area contributed by atoms with E-state index in [-0.39, 0.29) is 27.1 Å². The highest BCUT2D eigenvalue weighted by Crippen LogP contribution is 2.35. The van der Waals surface area contributed by atoms with Crippen LogP contribution in [0.25, 0.3) is 0 Å². The fourth-order valence-corrected chi connectivity index (χ4v) is 2.41. The molecule has 0 saturated carbocycles. The van der Waals surface area contributed by atoms with Gasteiger partial charge in [-0.25, -0.2) is 14.2 Å². The molecule has 0 N–H and O–H groups in total. The van der Waals surface area contributed by atoms with Crippen molar-refractivity contribution >= 4 is 29.2 Å². The molecule has 2 aromatic rings. The predicted octanol–water partition coefficient (Wildman–Crippen LogP) is 6.60. The number of hydrogen-bond acceptors (Lipinski definition) is 5. The number of ether oxygens (including phenoxy) is 3. The first kappa shape index (κ1) is 24.0. The van der Waals surface area contributed by atoms with Gasteiger partial charge in [-0.1, -0.05) is 23.2 Å². The van der Waals surface area contributed by atoms with Crippen LogP contribution in [0.5, 0.6) is 17.4 Å². The van der Waals surface area contributed by atoms with Gasteiger partial charge in [0.15, 0.2) is 6.10 Å². The summed E-state index contributed by atoms with van der Waals surface area (Å²) in [5.74, 6) is -2.51. The van der Waals surface area contributed by atoms with Gasteiger partial charge in [-0.3, -0.25) is 0 Å². The minimum absolute atomic E-state index is 0.0432. The standard InChI is InChI=1S/C19H17Cl2F4NO4/c1-9(19(23,24)25)28-16-13(21)5-10(8-26-16)29-15-7-14(22)11(6-12(15)20)17(27)30-18(2,3)4/h5-9H,1-4H3. The summed E-state index contributed by atoms with van der Waals surface area (Å²) in [5.41, 5.74) is -1.22. The van der Waals surface area contributed by atoms with Crippen LogP contribution in [0.2, 0.25) is 10.0 Å². The first-order chi connectivity index (χ1) is 13.7. The zero-order valence-corrected chi connectivity index (χ0v) is 17.7. The van der Waals surface area contributed by atoms with Gasteiger partial charge in [0, 0.05) is 12.1 Å². The normalized spacial score (nSPS) is 13.0. The smallest absolute Gasteiger partial charge is 0.425 e. The molecule has 0 spiro atoms. The average molecular weight is 470 g/mol. The van der Waals surface area contributed by atoms with Crippen molar-refractivity contribution in [2.75, 3.05) is 0 Å². The van der Waals surface area contributed by atoms with E-state index in [2.05, 4.69) is 9.72 Å². The summed E-state index contributed by atoms with van der Waals surface area (Å²) in [6, 6.07) is 3.03. The Kier molecular flexibility index (Phi) is 7.08. The fourth-order valence-electron chi connectivity index (χ4n) is 2.01. The Hall–Kier alpha value is -2.26. The maximum atomic E-state index is 14.3. The van der Waals surface area contributed by atoms with Gasteiger partial charge >= 0.3 is 12.1 Å². The molecule has 164 valence electrons. The molecule has 11 heteroatoms. The monoisotopic (exact) mass is 469 g/mol. The molecule has 1 atom stereocenters. The Bertz CT molecular complexity index is 945. The lowest BCUT2D eigenvalue weighted by molar-refractivity contribution is -0.189. The minimum atomic E-state index is -4.60. The van der Waals surface area contributed by atoms with Crippen molar-refractivity contribution in [1.29, 1.82) is 0 Å². The topological polar surface area (TPSA) is 57.7 Å². The molecule has 0 aliphatic heterocycles. The van der Waals surface area contributed by atoms with E-state index in [1.54, 1.807) is 20.8 Å². The Balaban J connectivity index is 2.21. The first-order valence-electron chi connectivity index (χ1n) is 8.46. The Morgan fingerprint density at radius 3 is 2.27 bits per heavy atom. The quantitative estimate of drug-likeness (QED) is 0.364. The Morgan fingerprint density at radius 1 is 1.10 bits per heavy atom. The summed E-state index contributed by atoms with van der Waals surface area (Å²) in [4.78, 5) is 15.7. The van der Waals surface area contributed by atoms with Gasteiger partial charge in [-0.2, -0.15) is 13.2 Å². The van der Waals surface area contributed by atoms with Crippen LogP contribution in [0.3, 0.4) is 0 Å². The van der Waals surface area contributed by atoms with E-state index in [9.17, 15) is 22.4 Å². The van der Waals surface area contributed by atoms with Crippen LogP contribution in [0.15, 0.2) is 24.4 Å². The van der Waals surface area contributed by atoms with Gasteiger partial charge in [0.25, 0.3) is 0 Å². The molecule has 0 amide bonds. The van der Waals surface area contributed by atoms with E-state index in [0.717, 1.165) is 31.3 Å². The van der Waals surface area contributed by atoms with Gasteiger partial charge in [0.05, 0.1) is 16.8 Å². The van der Waals surface area contributed by atoms with E-state index < -0.39 is 35.5 Å². The number of nitrogens with zero attached hydrogens (tertiary/aromatic N) is 1. The number of hydrogen-bond donors (Lipinski definition) is 0. The van der Waals surface area contributed by atoms with Gasteiger partial charge < -0.3 is 14.2 Å². The molecule has 2 rings (SSSR count). The van der Waals surface area contributed by atoms with Crippen molar-refractivity contribution in [3.05, 3.63) is 45.8 Å². The first-order valence-corrected chi connectivity index (χ1v) is 9.22. The van der Waals surface area contributed by atoms with E-state index in [0.29, 0.717) is 0 Å². The van der Waals surface area contributed by atoms with Crippen molar-refractivity contribution in [2.45, 2.75) is 45.6 Å². The van der Waals surface area contributed by atoms with E-state index >= 15 is 0 Å². The average Bonchev–Trinajstić information content (AvgIpc) is 2.57. The number of aromatic nitrogens is 1. The third-order valence-corrected chi connectivity index (χ3v) is 3.97. The maximum absolute atomic E-state index is 14.3. The van der Waals surface area contributed by atoms with Gasteiger partial charge in [0.1, 0.15) is 27.9 Å². The highest BCUT2D eigenvalue weighted by molar-refractivity contribution is 6.32. The number of esters is 1. The second-order valence-electron chi connectivity index (χ2n) is 7.13. The van der Waals surface area contributed by atoms with Gasteiger partial charge in [-0.15, -0.1) is 0 Å². The molecule has 5 nitrogen and oxygen atoms in total. The zero-order valence-electron chi connectivity index (χ0n) is 16.2. The van der Waals surface area contributed by atoms with Crippen LogP contribution in [0.1, 0.15) is 38.1 Å². The van der Waals surface area contributed by atoms with Crippen molar-refractivity contribution in [3.63, 3.8) is 0 Å². The van der Waals surface area contributed by atoms with E-state index in [1.807, 2.05) is 0 Å². The highest BCUT2D eigenvalue weighted by Gasteiger charge is 2.38. The number of benzene rings is 1. The summed E-state index contributed by atoms with van der Waals surface area (Å²) in [7, 11) is 0. The molecule has 0 bridgehead atoms. The van der Waals surface area contributed by atoms with Crippen LogP contribution < -0.4 is 9.47 Å². The summed E-state index contributed by atoms with van der Waals surface area (Å²) >= 11 is 11.9. The third-order valence-electron chi connectivity index (χ3n) is 3.40. The molecule has 0 aliphatic rings. The number of carbonyl (C=O) groups is 1. The third kappa shape index (κ3) is 6.37. The molecule has 1 unspecified atom stereocenters. The van der Waals surface area contributed by atoms with Gasteiger partial charge in [0.2, 0.25) is 5.88 Å². The Morgan fingerprint density at radius 2 is 1.73 bits per heavy atom. The predicted molar refractivity (Wildman–Crippen MR) is 102 cm³/mol. The van der Waals surface area contributed by atoms with E-state index in [1.165, 1.54) is 0 Å². The molecule has 0 saturated heterocycles. The maximum Gasteiger partial charge on any atom is 0.425 e. The molecule has 30 heavy (non-hydrogen) atoms. The summed E-state index contributed by atoms with van der Waals surface area (Å²) < 4.78 is 67.3. The lowest BCUT2D eigenvalue weighted by atomic mass is 10.1. The summed E-state index contributed by atoms with van der Waals surface area (Å²) in [6.07, 6.45) is -5.69. The van der Waals surface area contributed by atoms with Crippen LogP contribution >= 0.6 is 23.2 Å². The van der Waals surface area contributed by atoms with Crippen molar-refractivity contribution in [3.8, 4) is 17.4 Å². The molecule has 0 aliphatic carbocycles. The molecule has 1 aromatic carbocycles. The van der Waals surface area contributed by atoms with Crippen LogP contribution in [-0.2, 0) is 4.74 Å². The van der Waals surface area contributed by atoms with Crippen molar-refractivity contribution < 1.29 is 36.6 Å².